The number of thiocyanates is 1. The van der Waals surface area contributed by atoms with Crippen molar-refractivity contribution in [2.24, 2.45) is 17.8 Å². The van der Waals surface area contributed by atoms with E-state index in [0.717, 1.165) is 23.1 Å². The maximum atomic E-state index is 12.6. The first kappa shape index (κ1) is 16.9. The largest absolute Gasteiger partial charge is 0.349 e. The SMILES string of the molecule is CC1CCC(C(C)C)C(NC(=O)c2ccccc2SC#N)C1. The molecule has 0 saturated heterocycles. The lowest BCUT2D eigenvalue weighted by Gasteiger charge is -2.37. The van der Waals surface area contributed by atoms with Gasteiger partial charge in [-0.25, -0.2) is 0 Å². The van der Waals surface area contributed by atoms with E-state index >= 15 is 0 Å². The van der Waals surface area contributed by atoms with Gasteiger partial charge in [-0.15, -0.1) is 0 Å². The van der Waals surface area contributed by atoms with Crippen LogP contribution in [-0.4, -0.2) is 11.9 Å². The van der Waals surface area contributed by atoms with Crippen LogP contribution >= 0.6 is 11.8 Å². The van der Waals surface area contributed by atoms with Crippen molar-refractivity contribution in [3.63, 3.8) is 0 Å². The van der Waals surface area contributed by atoms with Gasteiger partial charge in [-0.2, -0.15) is 5.26 Å². The average Bonchev–Trinajstić information content (AvgIpc) is 2.47. The van der Waals surface area contributed by atoms with E-state index in [2.05, 4.69) is 31.5 Å². The molecule has 4 heteroatoms. The maximum absolute atomic E-state index is 12.6. The highest BCUT2D eigenvalue weighted by Gasteiger charge is 2.32. The van der Waals surface area contributed by atoms with E-state index in [9.17, 15) is 4.79 Å². The summed E-state index contributed by atoms with van der Waals surface area (Å²) in [5.74, 6) is 1.71. The fraction of sp³-hybridized carbons (Fsp3) is 0.556. The fourth-order valence-electron chi connectivity index (χ4n) is 3.41. The van der Waals surface area contributed by atoms with E-state index in [4.69, 9.17) is 5.26 Å². The van der Waals surface area contributed by atoms with Crippen LogP contribution in [-0.2, 0) is 0 Å². The summed E-state index contributed by atoms with van der Waals surface area (Å²) in [7, 11) is 0. The molecule has 1 saturated carbocycles. The molecule has 0 heterocycles. The van der Waals surface area contributed by atoms with Crippen molar-refractivity contribution in [2.75, 3.05) is 0 Å². The van der Waals surface area contributed by atoms with Crippen molar-refractivity contribution in [3.05, 3.63) is 29.8 Å². The molecule has 1 fully saturated rings. The van der Waals surface area contributed by atoms with Crippen LogP contribution in [0.3, 0.4) is 0 Å². The van der Waals surface area contributed by atoms with E-state index < -0.39 is 0 Å². The Labute approximate surface area is 137 Å². The van der Waals surface area contributed by atoms with E-state index in [1.54, 1.807) is 6.07 Å². The number of thioether (sulfide) groups is 1. The molecule has 0 bridgehead atoms. The van der Waals surface area contributed by atoms with Crippen molar-refractivity contribution in [3.8, 4) is 5.40 Å². The highest BCUT2D eigenvalue weighted by molar-refractivity contribution is 8.03. The lowest BCUT2D eigenvalue weighted by Crippen LogP contribution is -2.45. The predicted molar refractivity (Wildman–Crippen MR) is 90.5 cm³/mol. The number of nitriles is 1. The summed E-state index contributed by atoms with van der Waals surface area (Å²) in [4.78, 5) is 13.4. The van der Waals surface area contributed by atoms with Crippen molar-refractivity contribution in [1.29, 1.82) is 5.26 Å². The molecule has 22 heavy (non-hydrogen) atoms. The zero-order valence-electron chi connectivity index (χ0n) is 13.5. The van der Waals surface area contributed by atoms with Crippen LogP contribution in [0.2, 0.25) is 0 Å². The first-order chi connectivity index (χ1) is 10.5. The topological polar surface area (TPSA) is 52.9 Å². The molecule has 0 radical (unpaired) electrons. The lowest BCUT2D eigenvalue weighted by molar-refractivity contribution is 0.0865. The molecule has 3 unspecified atom stereocenters. The Bertz CT molecular complexity index is 564. The molecule has 1 amide bonds. The number of rotatable bonds is 4. The molecule has 1 aromatic rings. The Morgan fingerprint density at radius 3 is 2.77 bits per heavy atom. The quantitative estimate of drug-likeness (QED) is 0.659. The van der Waals surface area contributed by atoms with Crippen LogP contribution in [0.25, 0.3) is 0 Å². The summed E-state index contributed by atoms with van der Waals surface area (Å²) in [5, 5.41) is 14.2. The average molecular weight is 316 g/mol. The van der Waals surface area contributed by atoms with Crippen molar-refractivity contribution in [2.45, 2.75) is 51.0 Å². The first-order valence-corrected chi connectivity index (χ1v) is 8.80. The molecular weight excluding hydrogens is 292 g/mol. The standard InChI is InChI=1S/C18H24N2OS/c1-12(2)14-9-8-13(3)10-16(14)20-18(21)15-6-4-5-7-17(15)22-11-19/h4-7,12-14,16H,8-10H2,1-3H3,(H,20,21). The van der Waals surface area contributed by atoms with E-state index in [0.29, 0.717) is 23.3 Å². The van der Waals surface area contributed by atoms with Gasteiger partial charge in [0.1, 0.15) is 5.40 Å². The van der Waals surface area contributed by atoms with E-state index in [1.165, 1.54) is 12.8 Å². The smallest absolute Gasteiger partial charge is 0.252 e. The van der Waals surface area contributed by atoms with Crippen LogP contribution in [0.15, 0.2) is 29.2 Å². The Morgan fingerprint density at radius 2 is 2.09 bits per heavy atom. The minimum absolute atomic E-state index is 0.0527. The second-order valence-electron chi connectivity index (χ2n) is 6.60. The number of hydrogen-bond donors (Lipinski definition) is 1. The summed E-state index contributed by atoms with van der Waals surface area (Å²) < 4.78 is 0. The summed E-state index contributed by atoms with van der Waals surface area (Å²) in [6, 6.07) is 7.56. The predicted octanol–water partition coefficient (Wildman–Crippen LogP) is 4.45. The fourth-order valence-corrected chi connectivity index (χ4v) is 3.92. The highest BCUT2D eigenvalue weighted by Crippen LogP contribution is 2.34. The highest BCUT2D eigenvalue weighted by atomic mass is 32.2. The molecule has 2 rings (SSSR count). The third-order valence-corrected chi connectivity index (χ3v) is 5.29. The van der Waals surface area contributed by atoms with Crippen LogP contribution in [0.4, 0.5) is 0 Å². The molecule has 0 aromatic heterocycles. The van der Waals surface area contributed by atoms with Gasteiger partial charge in [0.15, 0.2) is 0 Å². The summed E-state index contributed by atoms with van der Waals surface area (Å²) >= 11 is 1.04. The third-order valence-electron chi connectivity index (χ3n) is 4.63. The lowest BCUT2D eigenvalue weighted by atomic mass is 9.74. The molecule has 3 atom stereocenters. The molecule has 118 valence electrons. The Kier molecular flexibility index (Phi) is 5.90. The minimum atomic E-state index is -0.0527. The summed E-state index contributed by atoms with van der Waals surface area (Å²) in [6.45, 7) is 6.73. The van der Waals surface area contributed by atoms with E-state index in [1.807, 2.05) is 18.2 Å². The Morgan fingerprint density at radius 1 is 1.36 bits per heavy atom. The minimum Gasteiger partial charge on any atom is -0.349 e. The molecule has 1 N–H and O–H groups in total. The second-order valence-corrected chi connectivity index (χ2v) is 7.42. The van der Waals surface area contributed by atoms with Gasteiger partial charge in [-0.05, 0) is 54.5 Å². The molecular formula is C18H24N2OS. The van der Waals surface area contributed by atoms with Gasteiger partial charge in [-0.3, -0.25) is 4.79 Å². The number of benzene rings is 1. The van der Waals surface area contributed by atoms with Crippen LogP contribution in [0.5, 0.6) is 0 Å². The van der Waals surface area contributed by atoms with Gasteiger partial charge in [0, 0.05) is 10.9 Å². The van der Waals surface area contributed by atoms with Gasteiger partial charge in [-0.1, -0.05) is 39.3 Å². The van der Waals surface area contributed by atoms with E-state index in [-0.39, 0.29) is 11.9 Å². The first-order valence-electron chi connectivity index (χ1n) is 7.98. The van der Waals surface area contributed by atoms with Gasteiger partial charge < -0.3 is 5.32 Å². The van der Waals surface area contributed by atoms with Gasteiger partial charge >= 0.3 is 0 Å². The number of amides is 1. The zero-order valence-corrected chi connectivity index (χ0v) is 14.3. The monoisotopic (exact) mass is 316 g/mol. The van der Waals surface area contributed by atoms with Crippen molar-refractivity contribution >= 4 is 17.7 Å². The summed E-state index contributed by atoms with van der Waals surface area (Å²) in [6.07, 6.45) is 3.47. The molecule has 0 aliphatic heterocycles. The second kappa shape index (κ2) is 7.69. The maximum Gasteiger partial charge on any atom is 0.252 e. The van der Waals surface area contributed by atoms with Gasteiger partial charge in [0.25, 0.3) is 5.91 Å². The number of hydrogen-bond acceptors (Lipinski definition) is 3. The zero-order chi connectivity index (χ0) is 16.1. The molecule has 1 aromatic carbocycles. The van der Waals surface area contributed by atoms with Gasteiger partial charge in [0.2, 0.25) is 0 Å². The van der Waals surface area contributed by atoms with Crippen LogP contribution in [0, 0.1) is 28.4 Å². The third kappa shape index (κ3) is 4.04. The number of carbonyl (C=O) groups is 1. The van der Waals surface area contributed by atoms with Crippen LogP contribution < -0.4 is 5.32 Å². The molecule has 1 aliphatic carbocycles. The summed E-state index contributed by atoms with van der Waals surface area (Å²) in [5.41, 5.74) is 0.606. The number of nitrogens with one attached hydrogen (secondary N) is 1. The Balaban J connectivity index is 2.14. The van der Waals surface area contributed by atoms with Gasteiger partial charge in [0.05, 0.1) is 5.56 Å². The van der Waals surface area contributed by atoms with Crippen LogP contribution in [0.1, 0.15) is 50.4 Å². The molecule has 1 aliphatic rings. The molecule has 0 spiro atoms. The Hall–Kier alpha value is -1.47. The number of nitrogens with zero attached hydrogens (tertiary/aromatic N) is 1. The normalized spacial score (nSPS) is 24.8. The number of carbonyl (C=O) groups excluding carboxylic acids is 1. The molecule has 3 nitrogen and oxygen atoms in total. The van der Waals surface area contributed by atoms with Crippen molar-refractivity contribution in [1.82, 2.24) is 5.32 Å². The van der Waals surface area contributed by atoms with Crippen molar-refractivity contribution < 1.29 is 4.79 Å².